The maximum absolute atomic E-state index is 12.6. The molecule has 0 amide bonds. The van der Waals surface area contributed by atoms with Crippen molar-refractivity contribution in [2.45, 2.75) is 94.3 Å². The lowest BCUT2D eigenvalue weighted by Crippen LogP contribution is -2.37. The summed E-state index contributed by atoms with van der Waals surface area (Å²) in [5, 5.41) is 10.0. The zero-order valence-corrected chi connectivity index (χ0v) is 29.3. The molecule has 0 saturated carbocycles. The van der Waals surface area contributed by atoms with E-state index in [1.807, 2.05) is 56.4 Å². The summed E-state index contributed by atoms with van der Waals surface area (Å²) in [7, 11) is 1.60. The van der Waals surface area contributed by atoms with Crippen molar-refractivity contribution in [3.63, 3.8) is 0 Å². The van der Waals surface area contributed by atoms with Crippen molar-refractivity contribution in [2.75, 3.05) is 7.11 Å². The summed E-state index contributed by atoms with van der Waals surface area (Å²) in [6.07, 6.45) is 28.6. The molecule has 1 N–H and O–H groups in total. The average molecular weight is 611 g/mol. The third-order valence-electron chi connectivity index (χ3n) is 8.58. The molecule has 242 valence electrons. The molecule has 0 spiro atoms. The molecule has 0 bridgehead atoms. The number of allylic oxidation sites excluding steroid dienone is 20. The standard InChI is InChI=1S/C41H54O4/c1-28(18-14-20-30(3)22-24-34-32(5)38(43)36(42)26-40(34,7)8)16-12-13-17-29(2)19-15-21-31(4)23-25-35-33(6)39(44)37(45-11)27-41(35,9)10/h12-25,36-37,42H,26-27H2,1-11H3/t36-,37-/m0/s1. The van der Waals surface area contributed by atoms with Gasteiger partial charge in [-0.3, -0.25) is 9.59 Å². The maximum atomic E-state index is 12.6. The van der Waals surface area contributed by atoms with E-state index >= 15 is 0 Å². The monoisotopic (exact) mass is 610 g/mol. The molecule has 0 fully saturated rings. The molecule has 2 aliphatic carbocycles. The Labute approximate surface area is 272 Å². The van der Waals surface area contributed by atoms with Gasteiger partial charge in [0.05, 0.1) is 0 Å². The molecule has 0 aromatic carbocycles. The van der Waals surface area contributed by atoms with Crippen LogP contribution in [0.15, 0.2) is 130 Å². The molecule has 2 rings (SSSR count). The Hall–Kier alpha value is -3.60. The van der Waals surface area contributed by atoms with Crippen LogP contribution in [0.2, 0.25) is 0 Å². The highest BCUT2D eigenvalue weighted by Gasteiger charge is 2.38. The Morgan fingerprint density at radius 2 is 1.02 bits per heavy atom. The van der Waals surface area contributed by atoms with Gasteiger partial charge in [0.15, 0.2) is 11.6 Å². The summed E-state index contributed by atoms with van der Waals surface area (Å²) >= 11 is 0. The molecule has 0 aromatic rings. The van der Waals surface area contributed by atoms with E-state index in [0.29, 0.717) is 18.4 Å². The Kier molecular flexibility index (Phi) is 13.9. The van der Waals surface area contributed by atoms with Gasteiger partial charge in [-0.1, -0.05) is 135 Å². The molecule has 2 aliphatic rings. The average Bonchev–Trinajstić information content (AvgIpc) is 2.95. The van der Waals surface area contributed by atoms with Crippen LogP contribution in [-0.2, 0) is 14.3 Å². The van der Waals surface area contributed by atoms with Gasteiger partial charge >= 0.3 is 0 Å². The van der Waals surface area contributed by atoms with Crippen LogP contribution in [0.4, 0.5) is 0 Å². The summed E-state index contributed by atoms with van der Waals surface area (Å²) in [6, 6.07) is 0. The van der Waals surface area contributed by atoms with Crippen LogP contribution in [0.1, 0.15) is 82.1 Å². The number of aliphatic hydroxyl groups is 1. The van der Waals surface area contributed by atoms with E-state index in [2.05, 4.69) is 91.0 Å². The highest BCUT2D eigenvalue weighted by atomic mass is 16.5. The minimum Gasteiger partial charge on any atom is -0.385 e. The summed E-state index contributed by atoms with van der Waals surface area (Å²) in [5.41, 5.74) is 7.59. The van der Waals surface area contributed by atoms with Crippen LogP contribution in [-0.4, -0.2) is 36.0 Å². The van der Waals surface area contributed by atoms with Gasteiger partial charge in [0.2, 0.25) is 0 Å². The fourth-order valence-electron chi connectivity index (χ4n) is 5.79. The first-order chi connectivity index (χ1) is 21.0. The second-order valence-corrected chi connectivity index (χ2v) is 13.6. The molecule has 0 heterocycles. The molecule has 0 aliphatic heterocycles. The first kappa shape index (κ1) is 37.6. The lowest BCUT2D eigenvalue weighted by atomic mass is 9.71. The minimum atomic E-state index is -0.904. The van der Waals surface area contributed by atoms with E-state index in [1.54, 1.807) is 14.0 Å². The Bertz CT molecular complexity index is 1470. The van der Waals surface area contributed by atoms with Gasteiger partial charge in [0.25, 0.3) is 0 Å². The van der Waals surface area contributed by atoms with Gasteiger partial charge in [-0.15, -0.1) is 0 Å². The number of ketones is 2. The van der Waals surface area contributed by atoms with E-state index in [1.165, 1.54) is 0 Å². The van der Waals surface area contributed by atoms with E-state index in [9.17, 15) is 14.7 Å². The minimum absolute atomic E-state index is 0.0821. The molecule has 0 saturated heterocycles. The quantitative estimate of drug-likeness (QED) is 0.237. The summed E-state index contributed by atoms with van der Waals surface area (Å²) in [6.45, 7) is 20.4. The van der Waals surface area contributed by atoms with Gasteiger partial charge in [-0.05, 0) is 87.5 Å². The molecular weight excluding hydrogens is 556 g/mol. The van der Waals surface area contributed by atoms with Crippen LogP contribution in [0, 0.1) is 10.8 Å². The van der Waals surface area contributed by atoms with E-state index in [0.717, 1.165) is 39.0 Å². The normalized spacial score (nSPS) is 24.3. The SMILES string of the molecule is CO[C@H]1CC(C)(C)C(C=CC(C)=CC=CC(C)=CC=CC=C(C)C=CC=C(C)C=CC2=C(C)C(=O)[C@@H](O)CC2(C)C)=C(C)C1=O. The van der Waals surface area contributed by atoms with Gasteiger partial charge in [-0.2, -0.15) is 0 Å². The lowest BCUT2D eigenvalue weighted by molar-refractivity contribution is -0.127. The van der Waals surface area contributed by atoms with Crippen LogP contribution in [0.25, 0.3) is 0 Å². The molecule has 4 nitrogen and oxygen atoms in total. The Morgan fingerprint density at radius 1 is 0.644 bits per heavy atom. The van der Waals surface area contributed by atoms with Gasteiger partial charge in [-0.25, -0.2) is 0 Å². The maximum Gasteiger partial charge on any atom is 0.187 e. The number of ether oxygens (including phenoxy) is 1. The third kappa shape index (κ3) is 11.1. The van der Waals surface area contributed by atoms with Crippen molar-refractivity contribution in [3.05, 3.63) is 130 Å². The number of Topliss-reactive ketones (excluding diaryl/α,β-unsaturated/α-hetero) is 2. The van der Waals surface area contributed by atoms with Crippen LogP contribution in [0.3, 0.4) is 0 Å². The predicted molar refractivity (Wildman–Crippen MR) is 190 cm³/mol. The zero-order chi connectivity index (χ0) is 33.9. The first-order valence-corrected chi connectivity index (χ1v) is 15.8. The first-order valence-electron chi connectivity index (χ1n) is 15.8. The number of aliphatic hydroxyl groups excluding tert-OH is 1. The highest BCUT2D eigenvalue weighted by Crippen LogP contribution is 2.41. The summed E-state index contributed by atoms with van der Waals surface area (Å²) < 4.78 is 5.40. The number of rotatable bonds is 11. The predicted octanol–water partition coefficient (Wildman–Crippen LogP) is 9.56. The van der Waals surface area contributed by atoms with Crippen molar-refractivity contribution in [2.24, 2.45) is 10.8 Å². The van der Waals surface area contributed by atoms with Crippen molar-refractivity contribution in [1.29, 1.82) is 0 Å². The Morgan fingerprint density at radius 3 is 1.47 bits per heavy atom. The number of hydrogen-bond acceptors (Lipinski definition) is 4. The number of carbonyl (C=O) groups excluding carboxylic acids is 2. The lowest BCUT2D eigenvalue weighted by Gasteiger charge is -2.36. The van der Waals surface area contributed by atoms with E-state index < -0.39 is 6.10 Å². The zero-order valence-electron chi connectivity index (χ0n) is 29.3. The van der Waals surface area contributed by atoms with Gasteiger partial charge in [0, 0.05) is 7.11 Å². The molecule has 45 heavy (non-hydrogen) atoms. The fourth-order valence-corrected chi connectivity index (χ4v) is 5.79. The van der Waals surface area contributed by atoms with Gasteiger partial charge in [0.1, 0.15) is 12.2 Å². The molecule has 0 aromatic heterocycles. The molecule has 2 atom stereocenters. The smallest absolute Gasteiger partial charge is 0.187 e. The van der Waals surface area contributed by atoms with E-state index in [4.69, 9.17) is 4.74 Å². The van der Waals surface area contributed by atoms with Gasteiger partial charge < -0.3 is 9.84 Å². The number of hydrogen-bond donors (Lipinski definition) is 1. The second kappa shape index (κ2) is 16.6. The van der Waals surface area contributed by atoms with Crippen molar-refractivity contribution < 1.29 is 19.4 Å². The summed E-state index contributed by atoms with van der Waals surface area (Å²) in [5.74, 6) is -0.0895. The fraction of sp³-hybridized carbons (Fsp3) is 0.415. The molecule has 0 unspecified atom stereocenters. The van der Waals surface area contributed by atoms with Crippen molar-refractivity contribution >= 4 is 11.6 Å². The molecule has 0 radical (unpaired) electrons. The number of carbonyl (C=O) groups is 2. The largest absolute Gasteiger partial charge is 0.385 e. The van der Waals surface area contributed by atoms with Crippen LogP contribution in [0.5, 0.6) is 0 Å². The summed E-state index contributed by atoms with van der Waals surface area (Å²) in [4.78, 5) is 24.8. The van der Waals surface area contributed by atoms with Crippen molar-refractivity contribution in [1.82, 2.24) is 0 Å². The van der Waals surface area contributed by atoms with Crippen molar-refractivity contribution in [3.8, 4) is 0 Å². The van der Waals surface area contributed by atoms with Crippen LogP contribution < -0.4 is 0 Å². The Balaban J connectivity index is 1.96. The second-order valence-electron chi connectivity index (χ2n) is 13.6. The third-order valence-corrected chi connectivity index (χ3v) is 8.58. The molecular formula is C41H54O4. The highest BCUT2D eigenvalue weighted by molar-refractivity contribution is 6.01. The number of methoxy groups -OCH3 is 1. The topological polar surface area (TPSA) is 63.6 Å². The van der Waals surface area contributed by atoms with Crippen LogP contribution >= 0.6 is 0 Å². The van der Waals surface area contributed by atoms with E-state index in [-0.39, 0.29) is 28.5 Å². The molecule has 4 heteroatoms.